The molecule has 0 saturated carbocycles. The van der Waals surface area contributed by atoms with Crippen molar-refractivity contribution in [2.45, 2.75) is 4.90 Å². The minimum atomic E-state index is -4.05. The van der Waals surface area contributed by atoms with E-state index in [0.29, 0.717) is 0 Å². The molecule has 6 nitrogen and oxygen atoms in total. The summed E-state index contributed by atoms with van der Waals surface area (Å²) in [6, 6.07) is 5.17. The van der Waals surface area contributed by atoms with Gasteiger partial charge in [-0.15, -0.1) is 0 Å². The first-order valence-electron chi connectivity index (χ1n) is 5.47. The average molecular weight is 331 g/mol. The molecule has 0 radical (unpaired) electrons. The summed E-state index contributed by atoms with van der Waals surface area (Å²) in [5.74, 6) is -2.14. The van der Waals surface area contributed by atoms with Gasteiger partial charge in [-0.2, -0.15) is 0 Å². The number of carboxylic acid groups (broad SMARTS) is 1. The van der Waals surface area contributed by atoms with E-state index in [0.717, 1.165) is 30.5 Å². The maximum Gasteiger partial charge on any atom is 0.335 e. The van der Waals surface area contributed by atoms with Gasteiger partial charge in [0.1, 0.15) is 11.6 Å². The highest BCUT2D eigenvalue weighted by Crippen LogP contribution is 2.21. The number of pyridine rings is 1. The summed E-state index contributed by atoms with van der Waals surface area (Å²) < 4.78 is 39.3. The zero-order valence-electron chi connectivity index (χ0n) is 10.2. The fourth-order valence-electron chi connectivity index (χ4n) is 1.46. The molecular weight excluding hydrogens is 323 g/mol. The molecule has 2 rings (SSSR count). The van der Waals surface area contributed by atoms with Crippen molar-refractivity contribution in [3.63, 3.8) is 0 Å². The molecule has 1 heterocycles. The lowest BCUT2D eigenvalue weighted by Crippen LogP contribution is -2.14. The van der Waals surface area contributed by atoms with E-state index in [4.69, 9.17) is 16.7 Å². The highest BCUT2D eigenvalue weighted by atomic mass is 35.5. The Labute approximate surface area is 124 Å². The van der Waals surface area contributed by atoms with E-state index < -0.39 is 21.8 Å². The zero-order chi connectivity index (χ0) is 15.6. The molecule has 21 heavy (non-hydrogen) atoms. The Balaban J connectivity index is 2.35. The summed E-state index contributed by atoms with van der Waals surface area (Å²) in [5.41, 5.74) is -0.125. The maximum atomic E-state index is 13.0. The number of sulfonamides is 1. The molecule has 0 atom stereocenters. The molecule has 1 aromatic heterocycles. The number of hydrogen-bond donors (Lipinski definition) is 2. The monoisotopic (exact) mass is 330 g/mol. The SMILES string of the molecule is O=C(O)c1ccnc(NS(=O)(=O)c2ccc(F)c(Cl)c2)c1. The van der Waals surface area contributed by atoms with Crippen LogP contribution in [0, 0.1) is 5.82 Å². The molecule has 0 bridgehead atoms. The van der Waals surface area contributed by atoms with Gasteiger partial charge in [0.25, 0.3) is 10.0 Å². The molecule has 1 aromatic carbocycles. The second-order valence-electron chi connectivity index (χ2n) is 3.92. The van der Waals surface area contributed by atoms with E-state index in [9.17, 15) is 17.6 Å². The van der Waals surface area contributed by atoms with Gasteiger partial charge in [-0.1, -0.05) is 11.6 Å². The van der Waals surface area contributed by atoms with Crippen LogP contribution >= 0.6 is 11.6 Å². The lowest BCUT2D eigenvalue weighted by atomic mass is 10.3. The third kappa shape index (κ3) is 3.47. The molecule has 0 aliphatic heterocycles. The first-order chi connectivity index (χ1) is 9.79. The smallest absolute Gasteiger partial charge is 0.335 e. The van der Waals surface area contributed by atoms with Crippen molar-refractivity contribution in [1.82, 2.24) is 4.98 Å². The Bertz CT molecular complexity index is 811. The van der Waals surface area contributed by atoms with Crippen LogP contribution in [0.4, 0.5) is 10.2 Å². The summed E-state index contributed by atoms with van der Waals surface area (Å²) in [6.45, 7) is 0. The van der Waals surface area contributed by atoms with Crippen molar-refractivity contribution in [2.75, 3.05) is 4.72 Å². The number of nitrogens with one attached hydrogen (secondary N) is 1. The van der Waals surface area contributed by atoms with E-state index in [-0.39, 0.29) is 21.3 Å². The predicted molar refractivity (Wildman–Crippen MR) is 73.4 cm³/mol. The van der Waals surface area contributed by atoms with Gasteiger partial charge in [0, 0.05) is 6.20 Å². The summed E-state index contributed by atoms with van der Waals surface area (Å²) in [4.78, 5) is 14.3. The minimum absolute atomic E-state index is 0.125. The highest BCUT2D eigenvalue weighted by molar-refractivity contribution is 7.92. The molecule has 0 aliphatic rings. The molecule has 9 heteroatoms. The van der Waals surface area contributed by atoms with Gasteiger partial charge in [0.05, 0.1) is 15.5 Å². The van der Waals surface area contributed by atoms with Gasteiger partial charge in [-0.05, 0) is 30.3 Å². The maximum absolute atomic E-state index is 13.0. The van der Waals surface area contributed by atoms with E-state index in [1.54, 1.807) is 0 Å². The Morgan fingerprint density at radius 2 is 2.00 bits per heavy atom. The van der Waals surface area contributed by atoms with Crippen LogP contribution in [0.25, 0.3) is 0 Å². The van der Waals surface area contributed by atoms with Crippen molar-refractivity contribution in [3.8, 4) is 0 Å². The molecule has 0 fully saturated rings. The molecule has 2 N–H and O–H groups in total. The second-order valence-corrected chi connectivity index (χ2v) is 6.01. The Morgan fingerprint density at radius 3 is 2.62 bits per heavy atom. The standard InChI is InChI=1S/C12H8ClFN2O4S/c13-9-6-8(1-2-10(9)14)21(19,20)16-11-5-7(12(17)18)3-4-15-11/h1-6H,(H,15,16)(H,17,18). The molecule has 0 spiro atoms. The molecule has 110 valence electrons. The van der Waals surface area contributed by atoms with E-state index in [1.807, 2.05) is 0 Å². The number of anilines is 1. The topological polar surface area (TPSA) is 96.4 Å². The minimum Gasteiger partial charge on any atom is -0.478 e. The molecule has 2 aromatic rings. The highest BCUT2D eigenvalue weighted by Gasteiger charge is 2.17. The number of halogens is 2. The van der Waals surface area contributed by atoms with Gasteiger partial charge in [0.2, 0.25) is 0 Å². The number of rotatable bonds is 4. The van der Waals surface area contributed by atoms with Crippen molar-refractivity contribution < 1.29 is 22.7 Å². The number of hydrogen-bond acceptors (Lipinski definition) is 4. The van der Waals surface area contributed by atoms with Crippen LogP contribution in [0.3, 0.4) is 0 Å². The van der Waals surface area contributed by atoms with Crippen LogP contribution in [0.15, 0.2) is 41.4 Å². The molecular formula is C12H8ClFN2O4S. The van der Waals surface area contributed by atoms with Crippen molar-refractivity contribution in [2.24, 2.45) is 0 Å². The summed E-state index contributed by atoms with van der Waals surface area (Å²) >= 11 is 5.53. The van der Waals surface area contributed by atoms with Gasteiger partial charge in [0.15, 0.2) is 0 Å². The Morgan fingerprint density at radius 1 is 1.29 bits per heavy atom. The largest absolute Gasteiger partial charge is 0.478 e. The quantitative estimate of drug-likeness (QED) is 0.897. The van der Waals surface area contributed by atoms with Gasteiger partial charge >= 0.3 is 5.97 Å². The van der Waals surface area contributed by atoms with E-state index in [1.165, 1.54) is 6.07 Å². The number of benzene rings is 1. The molecule has 0 unspecified atom stereocenters. The van der Waals surface area contributed by atoms with Crippen molar-refractivity contribution in [1.29, 1.82) is 0 Å². The van der Waals surface area contributed by atoms with E-state index in [2.05, 4.69) is 9.71 Å². The number of aromatic nitrogens is 1. The van der Waals surface area contributed by atoms with Crippen LogP contribution in [-0.4, -0.2) is 24.5 Å². The normalized spacial score (nSPS) is 11.1. The summed E-state index contributed by atoms with van der Waals surface area (Å²) in [7, 11) is -4.05. The third-order valence-electron chi connectivity index (χ3n) is 2.45. The van der Waals surface area contributed by atoms with Crippen LogP contribution in [0.1, 0.15) is 10.4 Å². The van der Waals surface area contributed by atoms with Crippen LogP contribution in [0.2, 0.25) is 5.02 Å². The summed E-state index contributed by atoms with van der Waals surface area (Å²) in [6.07, 6.45) is 1.15. The number of carboxylic acids is 1. The predicted octanol–water partition coefficient (Wildman–Crippen LogP) is 2.37. The zero-order valence-corrected chi connectivity index (χ0v) is 11.8. The average Bonchev–Trinajstić information content (AvgIpc) is 2.41. The lowest BCUT2D eigenvalue weighted by molar-refractivity contribution is 0.0697. The fraction of sp³-hybridized carbons (Fsp3) is 0. The molecule has 0 saturated heterocycles. The van der Waals surface area contributed by atoms with Gasteiger partial charge in [-0.3, -0.25) is 4.72 Å². The second kappa shape index (κ2) is 5.66. The molecule has 0 amide bonds. The Kier molecular flexibility index (Phi) is 4.10. The number of nitrogens with zero attached hydrogens (tertiary/aromatic N) is 1. The summed E-state index contributed by atoms with van der Waals surface area (Å²) in [5, 5.41) is 8.48. The molecule has 0 aliphatic carbocycles. The van der Waals surface area contributed by atoms with Crippen LogP contribution < -0.4 is 4.72 Å². The lowest BCUT2D eigenvalue weighted by Gasteiger charge is -2.08. The van der Waals surface area contributed by atoms with Gasteiger partial charge < -0.3 is 5.11 Å². The first-order valence-corrected chi connectivity index (χ1v) is 7.33. The third-order valence-corrected chi connectivity index (χ3v) is 4.09. The van der Waals surface area contributed by atoms with Gasteiger partial charge in [-0.25, -0.2) is 22.6 Å². The fourth-order valence-corrected chi connectivity index (χ4v) is 2.73. The van der Waals surface area contributed by atoms with Crippen molar-refractivity contribution in [3.05, 3.63) is 52.9 Å². The number of carbonyl (C=O) groups is 1. The van der Waals surface area contributed by atoms with Crippen LogP contribution in [-0.2, 0) is 10.0 Å². The first kappa shape index (κ1) is 15.2. The van der Waals surface area contributed by atoms with E-state index >= 15 is 0 Å². The van der Waals surface area contributed by atoms with Crippen LogP contribution in [0.5, 0.6) is 0 Å². The number of aromatic carboxylic acids is 1. The Hall–Kier alpha value is -2.19. The van der Waals surface area contributed by atoms with Crippen molar-refractivity contribution >= 4 is 33.4 Å².